The fourth-order valence-corrected chi connectivity index (χ4v) is 3.75. The Hall–Kier alpha value is -2.13. The van der Waals surface area contributed by atoms with Gasteiger partial charge in [0, 0.05) is 6.54 Å². The number of nitrogens with zero attached hydrogens (tertiary/aromatic N) is 1. The standard InChI is InChI=1S/C21H25NO2/c23-21(24)20-12-7-13-22(20)16-19(14-17-8-3-1-4-9-17)15-18-10-5-2-6-11-18/h1-6,8-11,19-20H,7,12-16H2,(H,23,24). The predicted octanol–water partition coefficient (Wildman–Crippen LogP) is 3.64. The Morgan fingerprint density at radius 1 is 1.00 bits per heavy atom. The van der Waals surface area contributed by atoms with Gasteiger partial charge < -0.3 is 5.11 Å². The lowest BCUT2D eigenvalue weighted by Gasteiger charge is -2.27. The molecular formula is C21H25NO2. The maximum atomic E-state index is 11.5. The Labute approximate surface area is 143 Å². The molecule has 0 bridgehead atoms. The van der Waals surface area contributed by atoms with E-state index in [0.717, 1.165) is 38.8 Å². The first kappa shape index (κ1) is 16.7. The summed E-state index contributed by atoms with van der Waals surface area (Å²) in [7, 11) is 0. The second kappa shape index (κ2) is 8.11. The summed E-state index contributed by atoms with van der Waals surface area (Å²) in [5.41, 5.74) is 2.65. The molecule has 0 aromatic heterocycles. The highest BCUT2D eigenvalue weighted by molar-refractivity contribution is 5.73. The van der Waals surface area contributed by atoms with Crippen LogP contribution in [-0.2, 0) is 17.6 Å². The largest absolute Gasteiger partial charge is 0.480 e. The zero-order valence-electron chi connectivity index (χ0n) is 14.0. The van der Waals surface area contributed by atoms with Crippen molar-refractivity contribution in [1.29, 1.82) is 0 Å². The van der Waals surface area contributed by atoms with E-state index in [1.807, 2.05) is 12.1 Å². The molecule has 0 saturated carbocycles. The summed E-state index contributed by atoms with van der Waals surface area (Å²) in [6.45, 7) is 1.75. The van der Waals surface area contributed by atoms with Crippen LogP contribution in [0.2, 0.25) is 0 Å². The second-order valence-corrected chi connectivity index (χ2v) is 6.74. The Morgan fingerprint density at radius 3 is 2.04 bits per heavy atom. The Balaban J connectivity index is 1.72. The van der Waals surface area contributed by atoms with Gasteiger partial charge in [-0.15, -0.1) is 0 Å². The third-order valence-corrected chi connectivity index (χ3v) is 4.88. The van der Waals surface area contributed by atoms with Crippen LogP contribution < -0.4 is 0 Å². The van der Waals surface area contributed by atoms with E-state index in [-0.39, 0.29) is 6.04 Å². The lowest BCUT2D eigenvalue weighted by molar-refractivity contribution is -0.142. The van der Waals surface area contributed by atoms with Crippen LogP contribution in [0.25, 0.3) is 0 Å². The van der Waals surface area contributed by atoms with Crippen LogP contribution in [-0.4, -0.2) is 35.1 Å². The molecule has 2 aromatic carbocycles. The van der Waals surface area contributed by atoms with Crippen LogP contribution in [0, 0.1) is 5.92 Å². The number of hydrogen-bond donors (Lipinski definition) is 1. The SMILES string of the molecule is O=C(O)C1CCCN1CC(Cc1ccccc1)Cc1ccccc1. The van der Waals surface area contributed by atoms with Crippen molar-refractivity contribution in [2.75, 3.05) is 13.1 Å². The summed E-state index contributed by atoms with van der Waals surface area (Å²) >= 11 is 0. The Morgan fingerprint density at radius 2 is 1.54 bits per heavy atom. The smallest absolute Gasteiger partial charge is 0.320 e. The molecule has 0 radical (unpaired) electrons. The molecule has 1 N–H and O–H groups in total. The van der Waals surface area contributed by atoms with Gasteiger partial charge in [-0.05, 0) is 49.3 Å². The van der Waals surface area contributed by atoms with Crippen LogP contribution in [0.5, 0.6) is 0 Å². The van der Waals surface area contributed by atoms with Crippen LogP contribution in [0.4, 0.5) is 0 Å². The monoisotopic (exact) mass is 323 g/mol. The van der Waals surface area contributed by atoms with Crippen LogP contribution in [0.1, 0.15) is 24.0 Å². The van der Waals surface area contributed by atoms with Gasteiger partial charge in [0.25, 0.3) is 0 Å². The highest BCUT2D eigenvalue weighted by Crippen LogP contribution is 2.23. The third kappa shape index (κ3) is 4.45. The molecule has 3 heteroatoms. The lowest BCUT2D eigenvalue weighted by Crippen LogP contribution is -2.40. The first-order valence-corrected chi connectivity index (χ1v) is 8.77. The molecule has 0 aliphatic carbocycles. The highest BCUT2D eigenvalue weighted by Gasteiger charge is 2.31. The quantitative estimate of drug-likeness (QED) is 0.846. The number of likely N-dealkylation sites (tertiary alicyclic amines) is 1. The number of rotatable bonds is 7. The minimum Gasteiger partial charge on any atom is -0.480 e. The summed E-state index contributed by atoms with van der Waals surface area (Å²) in [5.74, 6) is -0.250. The fourth-order valence-electron chi connectivity index (χ4n) is 3.75. The van der Waals surface area contributed by atoms with Crippen LogP contribution in [0.3, 0.4) is 0 Å². The minimum absolute atomic E-state index is 0.306. The summed E-state index contributed by atoms with van der Waals surface area (Å²) in [4.78, 5) is 13.6. The number of carboxylic acid groups (broad SMARTS) is 1. The van der Waals surface area contributed by atoms with Crippen molar-refractivity contribution < 1.29 is 9.90 Å². The molecule has 3 nitrogen and oxygen atoms in total. The summed E-state index contributed by atoms with van der Waals surface area (Å²) < 4.78 is 0. The van der Waals surface area contributed by atoms with E-state index < -0.39 is 5.97 Å². The minimum atomic E-state index is -0.675. The van der Waals surface area contributed by atoms with Gasteiger partial charge in [-0.2, -0.15) is 0 Å². The van der Waals surface area contributed by atoms with E-state index in [0.29, 0.717) is 5.92 Å². The molecule has 0 amide bonds. The first-order valence-electron chi connectivity index (χ1n) is 8.77. The molecule has 1 atom stereocenters. The molecule has 0 spiro atoms. The molecule has 3 rings (SSSR count). The van der Waals surface area contributed by atoms with Gasteiger partial charge in [0.05, 0.1) is 0 Å². The van der Waals surface area contributed by atoms with E-state index in [1.165, 1.54) is 11.1 Å². The van der Waals surface area contributed by atoms with Crippen molar-refractivity contribution in [2.45, 2.75) is 31.7 Å². The molecule has 1 aliphatic heterocycles. The topological polar surface area (TPSA) is 40.5 Å². The van der Waals surface area contributed by atoms with Gasteiger partial charge in [-0.25, -0.2) is 0 Å². The average molecular weight is 323 g/mol. The van der Waals surface area contributed by atoms with Crippen molar-refractivity contribution in [3.05, 3.63) is 71.8 Å². The summed E-state index contributed by atoms with van der Waals surface area (Å²) in [5, 5.41) is 9.43. The van der Waals surface area contributed by atoms with Crippen LogP contribution >= 0.6 is 0 Å². The number of carboxylic acids is 1. The average Bonchev–Trinajstić information content (AvgIpc) is 3.05. The van der Waals surface area contributed by atoms with E-state index in [1.54, 1.807) is 0 Å². The van der Waals surface area contributed by atoms with E-state index in [9.17, 15) is 9.90 Å². The fraction of sp³-hybridized carbons (Fsp3) is 0.381. The molecule has 1 saturated heterocycles. The van der Waals surface area contributed by atoms with Crippen molar-refractivity contribution >= 4 is 5.97 Å². The molecule has 1 unspecified atom stereocenters. The van der Waals surface area contributed by atoms with E-state index in [2.05, 4.69) is 53.4 Å². The van der Waals surface area contributed by atoms with Gasteiger partial charge in [0.15, 0.2) is 0 Å². The predicted molar refractivity (Wildman–Crippen MR) is 96.0 cm³/mol. The maximum absolute atomic E-state index is 11.5. The zero-order valence-corrected chi connectivity index (χ0v) is 14.0. The summed E-state index contributed by atoms with van der Waals surface area (Å²) in [6, 6.07) is 20.7. The molecular weight excluding hydrogens is 298 g/mol. The van der Waals surface area contributed by atoms with Crippen LogP contribution in [0.15, 0.2) is 60.7 Å². The zero-order chi connectivity index (χ0) is 16.8. The van der Waals surface area contributed by atoms with E-state index in [4.69, 9.17) is 0 Å². The van der Waals surface area contributed by atoms with E-state index >= 15 is 0 Å². The number of carbonyl (C=O) groups is 1. The molecule has 1 fully saturated rings. The maximum Gasteiger partial charge on any atom is 0.320 e. The van der Waals surface area contributed by atoms with Gasteiger partial charge in [0.2, 0.25) is 0 Å². The summed E-state index contributed by atoms with van der Waals surface area (Å²) in [6.07, 6.45) is 3.73. The lowest BCUT2D eigenvalue weighted by atomic mass is 9.92. The molecule has 126 valence electrons. The number of hydrogen-bond acceptors (Lipinski definition) is 2. The number of benzene rings is 2. The highest BCUT2D eigenvalue weighted by atomic mass is 16.4. The molecule has 1 aliphatic rings. The Bertz CT molecular complexity index is 600. The van der Waals surface area contributed by atoms with Crippen molar-refractivity contribution in [3.63, 3.8) is 0 Å². The van der Waals surface area contributed by atoms with Crippen molar-refractivity contribution in [2.24, 2.45) is 5.92 Å². The van der Waals surface area contributed by atoms with Gasteiger partial charge in [-0.1, -0.05) is 60.7 Å². The van der Waals surface area contributed by atoms with Gasteiger partial charge in [0.1, 0.15) is 6.04 Å². The van der Waals surface area contributed by atoms with Gasteiger partial charge in [-0.3, -0.25) is 9.69 Å². The van der Waals surface area contributed by atoms with Crippen molar-refractivity contribution in [3.8, 4) is 0 Å². The van der Waals surface area contributed by atoms with Crippen molar-refractivity contribution in [1.82, 2.24) is 4.90 Å². The normalized spacial score (nSPS) is 18.1. The first-order chi connectivity index (χ1) is 11.7. The number of aliphatic carboxylic acids is 1. The molecule has 24 heavy (non-hydrogen) atoms. The third-order valence-electron chi connectivity index (χ3n) is 4.88. The molecule has 2 aromatic rings. The molecule has 1 heterocycles. The van der Waals surface area contributed by atoms with Gasteiger partial charge >= 0.3 is 5.97 Å². The second-order valence-electron chi connectivity index (χ2n) is 6.74. The Kier molecular flexibility index (Phi) is 5.65.